The fourth-order valence-corrected chi connectivity index (χ4v) is 5.20. The fourth-order valence-electron chi connectivity index (χ4n) is 5.20. The number of primary amides is 1. The van der Waals surface area contributed by atoms with Crippen molar-refractivity contribution in [2.45, 2.75) is 77.8 Å². The number of aliphatic hydroxyl groups excluding tert-OH is 1. The summed E-state index contributed by atoms with van der Waals surface area (Å²) in [4.78, 5) is 24.8. The molecule has 0 aliphatic carbocycles. The number of benzene rings is 1. The van der Waals surface area contributed by atoms with Gasteiger partial charge in [-0.1, -0.05) is 44.2 Å². The van der Waals surface area contributed by atoms with E-state index in [9.17, 15) is 24.9 Å². The summed E-state index contributed by atoms with van der Waals surface area (Å²) in [6.07, 6.45) is 5.97. The molecule has 6 N–H and O–H groups in total. The maximum atomic E-state index is 13.0. The number of nitrogens with two attached hydrogens (primary N) is 1. The zero-order valence-corrected chi connectivity index (χ0v) is 25.4. The number of nitrogens with one attached hydrogen (secondary N) is 1. The van der Waals surface area contributed by atoms with Crippen LogP contribution in [0.1, 0.15) is 51.7 Å². The Morgan fingerprint density at radius 3 is 2.50 bits per heavy atom. The highest BCUT2D eigenvalue weighted by molar-refractivity contribution is 6.04. The van der Waals surface area contributed by atoms with Gasteiger partial charge in [-0.3, -0.25) is 4.79 Å². The van der Waals surface area contributed by atoms with E-state index < -0.39 is 42.3 Å². The van der Waals surface area contributed by atoms with E-state index in [0.29, 0.717) is 48.0 Å². The van der Waals surface area contributed by atoms with E-state index in [1.807, 2.05) is 13.8 Å². The van der Waals surface area contributed by atoms with Gasteiger partial charge in [0.15, 0.2) is 6.10 Å². The molecule has 10 heteroatoms. The van der Waals surface area contributed by atoms with Crippen LogP contribution in [0.25, 0.3) is 0 Å². The monoisotopic (exact) mass is 586 g/mol. The molecule has 2 rings (SSSR count). The molecule has 232 valence electrons. The quantitative estimate of drug-likeness (QED) is 0.182. The minimum atomic E-state index is -0.984. The summed E-state index contributed by atoms with van der Waals surface area (Å²) in [5.74, 6) is -1.16. The maximum absolute atomic E-state index is 13.0. The van der Waals surface area contributed by atoms with Crippen molar-refractivity contribution in [2.75, 3.05) is 19.5 Å². The predicted octanol–water partition coefficient (Wildman–Crippen LogP) is 4.68. The number of hydrogen-bond acceptors (Lipinski definition) is 8. The van der Waals surface area contributed by atoms with Crippen LogP contribution >= 0.6 is 0 Å². The highest BCUT2D eigenvalue weighted by Crippen LogP contribution is 2.40. The van der Waals surface area contributed by atoms with E-state index in [2.05, 4.69) is 11.9 Å². The van der Waals surface area contributed by atoms with Crippen LogP contribution in [0.4, 0.5) is 10.5 Å². The first-order valence-corrected chi connectivity index (χ1v) is 14.1. The van der Waals surface area contributed by atoms with Crippen LogP contribution in [-0.2, 0) is 31.8 Å². The summed E-state index contributed by atoms with van der Waals surface area (Å²) in [5.41, 5.74) is 7.44. The summed E-state index contributed by atoms with van der Waals surface area (Å²) in [5, 5.41) is 36.1. The molecular formula is C32H46N2O8. The second-order valence-electron chi connectivity index (χ2n) is 10.9. The smallest absolute Gasteiger partial charge is 0.405 e. The van der Waals surface area contributed by atoms with Crippen LogP contribution in [0.15, 0.2) is 54.2 Å². The van der Waals surface area contributed by atoms with Crippen molar-refractivity contribution in [1.29, 1.82) is 0 Å². The SMILES string of the molecule is C=CCCc1c(O)cc2c(O)c1C[C@@H](C)C[C@H](OC)[C@H](O)[C@@H](C)/C=C(\C)[C@H](OC(N)=O)[C@@H](OC)/C=C\C=C(/C)C(=O)N2. The highest BCUT2D eigenvalue weighted by Gasteiger charge is 2.30. The summed E-state index contributed by atoms with van der Waals surface area (Å²) in [6, 6.07) is 1.34. The standard InChI is InChI=1S/C32H46N2O8/c1-8-9-12-22-23-14-18(2)15-27(41-7)28(36)20(4)16-21(5)30(42-32(33)39)26(40-6)13-10-11-19(3)31(38)34-24(29(23)37)17-25(22)35/h8,10-11,13,16-18,20,26-28,30,35-37H,1,9,12,14-15H2,2-7H3,(H2,33,39)(H,34,38)/b13-10-,19-11+,21-16+/t18-,20+,26+,27+,28-,30+/m1/s1. The first-order valence-electron chi connectivity index (χ1n) is 14.1. The lowest BCUT2D eigenvalue weighted by Crippen LogP contribution is -2.37. The molecule has 1 aliphatic heterocycles. The lowest BCUT2D eigenvalue weighted by atomic mass is 9.86. The van der Waals surface area contributed by atoms with Gasteiger partial charge in [0, 0.05) is 42.9 Å². The first-order chi connectivity index (χ1) is 19.8. The molecule has 0 aromatic heterocycles. The molecule has 10 nitrogen and oxygen atoms in total. The molecule has 0 radical (unpaired) electrons. The Bertz CT molecular complexity index is 1210. The minimum Gasteiger partial charge on any atom is -0.508 e. The zero-order valence-electron chi connectivity index (χ0n) is 25.4. The number of phenolic OH excluding ortho intramolecular Hbond substituents is 2. The number of hydrogen-bond donors (Lipinski definition) is 5. The number of amides is 2. The lowest BCUT2D eigenvalue weighted by Gasteiger charge is -2.29. The third kappa shape index (κ3) is 9.20. The largest absolute Gasteiger partial charge is 0.508 e. The van der Waals surface area contributed by atoms with E-state index in [4.69, 9.17) is 19.9 Å². The van der Waals surface area contributed by atoms with Crippen LogP contribution in [0.3, 0.4) is 0 Å². The Hall–Kier alpha value is -3.60. The van der Waals surface area contributed by atoms with Crippen molar-refractivity contribution in [3.8, 4) is 11.5 Å². The Balaban J connectivity index is 2.67. The van der Waals surface area contributed by atoms with Gasteiger partial charge in [-0.05, 0) is 51.0 Å². The van der Waals surface area contributed by atoms with Crippen molar-refractivity contribution in [1.82, 2.24) is 0 Å². The number of allylic oxidation sites excluding steroid dienone is 3. The van der Waals surface area contributed by atoms with Gasteiger partial charge in [0.2, 0.25) is 0 Å². The number of methoxy groups -OCH3 is 2. The molecule has 1 aromatic rings. The predicted molar refractivity (Wildman–Crippen MR) is 162 cm³/mol. The van der Waals surface area contributed by atoms with Crippen LogP contribution in [0.2, 0.25) is 0 Å². The number of aliphatic hydroxyl groups is 1. The number of aromatic hydroxyl groups is 2. The average molecular weight is 587 g/mol. The normalized spacial score (nSPS) is 29.4. The topological polar surface area (TPSA) is 161 Å². The van der Waals surface area contributed by atoms with Gasteiger partial charge < -0.3 is 40.6 Å². The summed E-state index contributed by atoms with van der Waals surface area (Å²) in [6.45, 7) is 10.9. The molecule has 0 unspecified atom stereocenters. The van der Waals surface area contributed by atoms with Gasteiger partial charge in [-0.15, -0.1) is 6.58 Å². The Labute approximate surface area is 248 Å². The number of phenols is 2. The Morgan fingerprint density at radius 1 is 1.21 bits per heavy atom. The van der Waals surface area contributed by atoms with Crippen LogP contribution in [0.5, 0.6) is 11.5 Å². The summed E-state index contributed by atoms with van der Waals surface area (Å²) < 4.78 is 16.6. The van der Waals surface area contributed by atoms with Gasteiger partial charge in [-0.25, -0.2) is 4.79 Å². The average Bonchev–Trinajstić information content (AvgIpc) is 2.94. The molecule has 1 heterocycles. The molecule has 0 saturated carbocycles. The van der Waals surface area contributed by atoms with Crippen molar-refractivity contribution >= 4 is 17.7 Å². The molecule has 1 aromatic carbocycles. The van der Waals surface area contributed by atoms with Crippen molar-refractivity contribution in [2.24, 2.45) is 17.6 Å². The molecule has 2 amide bonds. The molecule has 0 fully saturated rings. The van der Waals surface area contributed by atoms with Crippen molar-refractivity contribution < 1.29 is 39.1 Å². The molecule has 0 saturated heterocycles. The molecule has 2 bridgehead atoms. The zero-order chi connectivity index (χ0) is 31.6. The van der Waals surface area contributed by atoms with Gasteiger partial charge in [0.25, 0.3) is 5.91 Å². The number of fused-ring (bicyclic) bond motifs is 2. The molecular weight excluding hydrogens is 540 g/mol. The van der Waals surface area contributed by atoms with Crippen molar-refractivity contribution in [3.63, 3.8) is 0 Å². The van der Waals surface area contributed by atoms with Crippen LogP contribution in [0, 0.1) is 11.8 Å². The molecule has 42 heavy (non-hydrogen) atoms. The van der Waals surface area contributed by atoms with Gasteiger partial charge in [0.05, 0.1) is 17.9 Å². The van der Waals surface area contributed by atoms with E-state index >= 15 is 0 Å². The minimum absolute atomic E-state index is 0.0411. The van der Waals surface area contributed by atoms with E-state index in [1.54, 1.807) is 44.2 Å². The highest BCUT2D eigenvalue weighted by atomic mass is 16.6. The Morgan fingerprint density at radius 2 is 1.90 bits per heavy atom. The molecule has 0 spiro atoms. The van der Waals surface area contributed by atoms with Gasteiger partial charge >= 0.3 is 6.09 Å². The number of rotatable bonds is 6. The number of carbonyl (C=O) groups is 2. The summed E-state index contributed by atoms with van der Waals surface area (Å²) in [7, 11) is 2.97. The van der Waals surface area contributed by atoms with E-state index in [1.165, 1.54) is 20.3 Å². The van der Waals surface area contributed by atoms with E-state index in [0.717, 1.165) is 0 Å². The second kappa shape index (κ2) is 16.1. The third-order valence-electron chi connectivity index (χ3n) is 7.55. The summed E-state index contributed by atoms with van der Waals surface area (Å²) >= 11 is 0. The first kappa shape index (κ1) is 34.6. The third-order valence-corrected chi connectivity index (χ3v) is 7.55. The maximum Gasteiger partial charge on any atom is 0.405 e. The number of carbonyl (C=O) groups excluding carboxylic acids is 2. The van der Waals surface area contributed by atoms with Crippen molar-refractivity contribution in [3.05, 3.63) is 65.3 Å². The van der Waals surface area contributed by atoms with Gasteiger partial charge in [0.1, 0.15) is 17.6 Å². The fraction of sp³-hybridized carbons (Fsp3) is 0.500. The molecule has 6 atom stereocenters. The van der Waals surface area contributed by atoms with Crippen LogP contribution < -0.4 is 11.1 Å². The van der Waals surface area contributed by atoms with Crippen LogP contribution in [-0.4, -0.2) is 66.0 Å². The van der Waals surface area contributed by atoms with Gasteiger partial charge in [-0.2, -0.15) is 0 Å². The Kier molecular flexibility index (Phi) is 13.3. The molecule has 1 aliphatic rings. The second-order valence-corrected chi connectivity index (χ2v) is 10.9. The van der Waals surface area contributed by atoms with E-state index in [-0.39, 0.29) is 23.1 Å². The number of ether oxygens (including phenoxy) is 3. The number of anilines is 1. The lowest BCUT2D eigenvalue weighted by molar-refractivity contribution is -0.112.